The van der Waals surface area contributed by atoms with Crippen LogP contribution in [-0.2, 0) is 16.0 Å². The number of pyridine rings is 1. The lowest BCUT2D eigenvalue weighted by Gasteiger charge is -2.29. The fourth-order valence-corrected chi connectivity index (χ4v) is 4.95. The Hall–Kier alpha value is -4.45. The van der Waals surface area contributed by atoms with Gasteiger partial charge in [0.05, 0.1) is 28.9 Å². The number of hydrogen-bond acceptors (Lipinski definition) is 9. The number of carbonyl (C=O) groups is 2. The highest BCUT2D eigenvalue weighted by Gasteiger charge is 2.27. The number of carboxylic acids is 1. The molecular weight excluding hydrogens is 585 g/mol. The molecule has 5 rings (SSSR count). The van der Waals surface area contributed by atoms with Crippen LogP contribution in [0.2, 0.25) is 10.0 Å². The summed E-state index contributed by atoms with van der Waals surface area (Å²) in [6, 6.07) is 12.4. The second-order valence-electron chi connectivity index (χ2n) is 9.55. The van der Waals surface area contributed by atoms with Gasteiger partial charge in [-0.2, -0.15) is 0 Å². The normalized spacial score (nSPS) is 13.9. The summed E-state index contributed by atoms with van der Waals surface area (Å²) >= 11 is 12.1. The van der Waals surface area contributed by atoms with Gasteiger partial charge in [0.2, 0.25) is 0 Å². The van der Waals surface area contributed by atoms with Gasteiger partial charge in [0, 0.05) is 48.8 Å². The standard InChI is InChI=1S/C29H25Cl2N5O6/c30-20-14-32-15-21(31)23(20)35-28(39)17-3-1-16(2-4-17)13-22(29(40)41)34-25-24(26(37)27(25)38)33-18-5-7-19(8-6-18)36-9-11-42-12-10-36/h1-8,14-15,22,33-34H,9-13H2,(H,40,41)(H,32,35,39)/t22-/m0/s1. The van der Waals surface area contributed by atoms with Crippen LogP contribution in [0, 0.1) is 0 Å². The van der Waals surface area contributed by atoms with E-state index in [0.717, 1.165) is 18.8 Å². The molecule has 2 heterocycles. The van der Waals surface area contributed by atoms with Crippen molar-refractivity contribution in [1.29, 1.82) is 0 Å². The average Bonchev–Trinajstić information content (AvgIpc) is 3.00. The molecule has 0 unspecified atom stereocenters. The van der Waals surface area contributed by atoms with E-state index in [0.29, 0.717) is 24.5 Å². The van der Waals surface area contributed by atoms with Gasteiger partial charge in [-0.25, -0.2) is 4.79 Å². The van der Waals surface area contributed by atoms with Crippen LogP contribution >= 0.6 is 23.2 Å². The van der Waals surface area contributed by atoms with Crippen LogP contribution in [0.5, 0.6) is 0 Å². The molecule has 0 aliphatic carbocycles. The van der Waals surface area contributed by atoms with Crippen molar-refractivity contribution in [1.82, 2.24) is 4.98 Å². The van der Waals surface area contributed by atoms with Gasteiger partial charge in [-0.1, -0.05) is 35.3 Å². The lowest BCUT2D eigenvalue weighted by Crippen LogP contribution is -2.42. The Morgan fingerprint density at radius 2 is 1.52 bits per heavy atom. The van der Waals surface area contributed by atoms with E-state index in [1.807, 2.05) is 12.1 Å². The largest absolute Gasteiger partial charge is 0.480 e. The van der Waals surface area contributed by atoms with Crippen LogP contribution < -0.4 is 31.7 Å². The first-order valence-corrected chi connectivity index (χ1v) is 13.7. The lowest BCUT2D eigenvalue weighted by atomic mass is 10.0. The molecule has 0 radical (unpaired) electrons. The number of aliphatic carboxylic acids is 1. The van der Waals surface area contributed by atoms with E-state index >= 15 is 0 Å². The summed E-state index contributed by atoms with van der Waals surface area (Å²) in [7, 11) is 0. The molecule has 0 spiro atoms. The van der Waals surface area contributed by atoms with Gasteiger partial charge in [-0.15, -0.1) is 0 Å². The van der Waals surface area contributed by atoms with Gasteiger partial charge in [0.25, 0.3) is 16.8 Å². The molecule has 1 amide bonds. The highest BCUT2D eigenvalue weighted by Crippen LogP contribution is 2.29. The molecule has 1 aliphatic heterocycles. The fraction of sp³-hybridized carbons (Fsp3) is 0.207. The number of rotatable bonds is 10. The highest BCUT2D eigenvalue weighted by molar-refractivity contribution is 6.39. The van der Waals surface area contributed by atoms with Gasteiger partial charge in [-0.3, -0.25) is 19.4 Å². The molecule has 216 valence electrons. The molecule has 4 N–H and O–H groups in total. The number of amides is 1. The van der Waals surface area contributed by atoms with Gasteiger partial charge in [0.1, 0.15) is 17.4 Å². The molecule has 13 heteroatoms. The van der Waals surface area contributed by atoms with E-state index in [4.69, 9.17) is 27.9 Å². The number of hydrogen-bond donors (Lipinski definition) is 4. The van der Waals surface area contributed by atoms with Gasteiger partial charge >= 0.3 is 5.97 Å². The minimum absolute atomic E-state index is 0.00539. The molecule has 11 nitrogen and oxygen atoms in total. The Labute approximate surface area is 249 Å². The quantitative estimate of drug-likeness (QED) is 0.195. The van der Waals surface area contributed by atoms with Crippen LogP contribution in [0.3, 0.4) is 0 Å². The van der Waals surface area contributed by atoms with E-state index in [2.05, 4.69) is 25.8 Å². The third-order valence-corrected chi connectivity index (χ3v) is 7.36. The molecule has 1 fully saturated rings. The SMILES string of the molecule is O=C(Nc1c(Cl)cncc1Cl)c1ccc(C[C@H](Nc2c(Nc3ccc(N4CCOCC4)cc3)c(=O)c2=O)C(=O)O)cc1. The van der Waals surface area contributed by atoms with Crippen molar-refractivity contribution in [2.24, 2.45) is 0 Å². The van der Waals surface area contributed by atoms with Crippen molar-refractivity contribution in [2.45, 2.75) is 12.5 Å². The maximum Gasteiger partial charge on any atom is 0.326 e. The number of aromatic nitrogens is 1. The van der Waals surface area contributed by atoms with Crippen LogP contribution in [0.15, 0.2) is 70.5 Å². The van der Waals surface area contributed by atoms with Crippen molar-refractivity contribution in [3.63, 3.8) is 0 Å². The van der Waals surface area contributed by atoms with Gasteiger partial charge in [0.15, 0.2) is 0 Å². The zero-order valence-electron chi connectivity index (χ0n) is 22.0. The average molecular weight is 610 g/mol. The predicted octanol–water partition coefficient (Wildman–Crippen LogP) is 3.92. The molecule has 0 bridgehead atoms. The van der Waals surface area contributed by atoms with E-state index in [9.17, 15) is 24.3 Å². The van der Waals surface area contributed by atoms with E-state index < -0.39 is 28.8 Å². The highest BCUT2D eigenvalue weighted by atomic mass is 35.5. The molecule has 42 heavy (non-hydrogen) atoms. The molecule has 4 aromatic rings. The van der Waals surface area contributed by atoms with Crippen LogP contribution in [0.25, 0.3) is 0 Å². The molecular formula is C29H25Cl2N5O6. The maximum absolute atomic E-state index is 12.7. The summed E-state index contributed by atoms with van der Waals surface area (Å²) < 4.78 is 5.38. The Kier molecular flexibility index (Phi) is 8.72. The zero-order chi connectivity index (χ0) is 29.8. The third-order valence-electron chi connectivity index (χ3n) is 6.79. The van der Waals surface area contributed by atoms with E-state index in [1.54, 1.807) is 24.3 Å². The van der Waals surface area contributed by atoms with Crippen molar-refractivity contribution in [2.75, 3.05) is 47.2 Å². The van der Waals surface area contributed by atoms with Crippen molar-refractivity contribution in [3.05, 3.63) is 103 Å². The minimum Gasteiger partial charge on any atom is -0.480 e. The topological polar surface area (TPSA) is 150 Å². The number of anilines is 5. The number of benzene rings is 2. The van der Waals surface area contributed by atoms with Crippen molar-refractivity contribution < 1.29 is 19.4 Å². The van der Waals surface area contributed by atoms with Crippen LogP contribution in [-0.4, -0.2) is 54.3 Å². The zero-order valence-corrected chi connectivity index (χ0v) is 23.5. The summed E-state index contributed by atoms with van der Waals surface area (Å²) in [6.07, 6.45) is 2.68. The predicted molar refractivity (Wildman–Crippen MR) is 162 cm³/mol. The lowest BCUT2D eigenvalue weighted by molar-refractivity contribution is -0.137. The summed E-state index contributed by atoms with van der Waals surface area (Å²) in [4.78, 5) is 55.4. The fourth-order valence-electron chi connectivity index (χ4n) is 4.49. The maximum atomic E-state index is 12.7. The summed E-state index contributed by atoms with van der Waals surface area (Å²) in [5, 5.41) is 18.5. The van der Waals surface area contributed by atoms with Gasteiger partial charge in [-0.05, 0) is 42.0 Å². The van der Waals surface area contributed by atoms with Crippen molar-refractivity contribution in [3.8, 4) is 0 Å². The smallest absolute Gasteiger partial charge is 0.326 e. The number of nitrogens with zero attached hydrogens (tertiary/aromatic N) is 2. The molecule has 1 atom stereocenters. The van der Waals surface area contributed by atoms with E-state index in [-0.39, 0.29) is 39.1 Å². The monoisotopic (exact) mass is 609 g/mol. The number of carboxylic acid groups (broad SMARTS) is 1. The number of morpholine rings is 1. The van der Waals surface area contributed by atoms with Crippen LogP contribution in [0.4, 0.5) is 28.4 Å². The third kappa shape index (κ3) is 6.38. The Bertz CT molecular complexity index is 1660. The van der Waals surface area contributed by atoms with E-state index in [1.165, 1.54) is 24.5 Å². The summed E-state index contributed by atoms with van der Waals surface area (Å²) in [5.74, 6) is -1.69. The number of ether oxygens (including phenoxy) is 1. The molecule has 3 aromatic carbocycles. The minimum atomic E-state index is -1.22. The molecule has 0 saturated carbocycles. The number of nitrogens with one attached hydrogen (secondary N) is 3. The molecule has 1 aromatic heterocycles. The Morgan fingerprint density at radius 3 is 2.14 bits per heavy atom. The number of halogens is 2. The van der Waals surface area contributed by atoms with Crippen LogP contribution in [0.1, 0.15) is 15.9 Å². The molecule has 1 aliphatic rings. The second kappa shape index (κ2) is 12.6. The first kappa shape index (κ1) is 29.1. The van der Waals surface area contributed by atoms with Crippen molar-refractivity contribution >= 4 is 63.5 Å². The van der Waals surface area contributed by atoms with Gasteiger partial charge < -0.3 is 30.7 Å². The summed E-state index contributed by atoms with van der Waals surface area (Å²) in [5.41, 5.74) is 1.07. The Balaban J connectivity index is 1.24. The summed E-state index contributed by atoms with van der Waals surface area (Å²) in [6.45, 7) is 2.86. The number of carbonyl (C=O) groups excluding carboxylic acids is 1. The first-order valence-electron chi connectivity index (χ1n) is 12.9. The molecule has 1 saturated heterocycles. The second-order valence-corrected chi connectivity index (χ2v) is 10.4. The first-order chi connectivity index (χ1) is 20.2. The Morgan fingerprint density at radius 1 is 0.905 bits per heavy atom.